The highest BCUT2D eigenvalue weighted by Gasteiger charge is 2.24. The first-order valence-corrected chi connectivity index (χ1v) is 7.47. The number of aromatic amines is 2. The van der Waals surface area contributed by atoms with Crippen molar-refractivity contribution in [1.82, 2.24) is 9.97 Å². The number of rotatable bonds is 2. The number of halogens is 1. The molecule has 1 aliphatic carbocycles. The van der Waals surface area contributed by atoms with Crippen LogP contribution < -0.4 is 11.1 Å². The highest BCUT2D eigenvalue weighted by Crippen LogP contribution is 2.41. The zero-order valence-corrected chi connectivity index (χ0v) is 12.0. The van der Waals surface area contributed by atoms with Crippen LogP contribution in [0.15, 0.2) is 27.8 Å². The normalized spacial score (nSPS) is 17.9. The van der Waals surface area contributed by atoms with E-state index in [0.29, 0.717) is 21.8 Å². The Labute approximate surface area is 118 Å². The smallest absolute Gasteiger partial charge is 0.314 e. The Balaban J connectivity index is 2.03. The summed E-state index contributed by atoms with van der Waals surface area (Å²) in [7, 11) is 0. The Bertz CT molecular complexity index is 713. The van der Waals surface area contributed by atoms with Crippen molar-refractivity contribution in [3.63, 3.8) is 0 Å². The minimum absolute atomic E-state index is 0.315. The van der Waals surface area contributed by atoms with Crippen molar-refractivity contribution in [3.8, 4) is 0 Å². The Morgan fingerprint density at radius 1 is 1.05 bits per heavy atom. The Kier molecular flexibility index (Phi) is 3.31. The summed E-state index contributed by atoms with van der Waals surface area (Å²) in [5.74, 6) is 0.659. The topological polar surface area (TPSA) is 65.7 Å². The highest BCUT2D eigenvalue weighted by molar-refractivity contribution is 9.09. The molecule has 1 fully saturated rings. The molecular formula is C14H15BrN2O2. The second-order valence-electron chi connectivity index (χ2n) is 5.16. The van der Waals surface area contributed by atoms with E-state index >= 15 is 0 Å². The molecule has 0 bridgehead atoms. The average Bonchev–Trinajstić information content (AvgIpc) is 2.93. The van der Waals surface area contributed by atoms with E-state index in [4.69, 9.17) is 0 Å². The summed E-state index contributed by atoms with van der Waals surface area (Å²) in [5.41, 5.74) is 1.30. The monoisotopic (exact) mass is 322 g/mol. The number of nitrogens with one attached hydrogen (secondary N) is 2. The molecule has 2 N–H and O–H groups in total. The Morgan fingerprint density at radius 3 is 2.37 bits per heavy atom. The summed E-state index contributed by atoms with van der Waals surface area (Å²) < 4.78 is 0. The van der Waals surface area contributed by atoms with E-state index in [1.165, 1.54) is 25.7 Å². The predicted molar refractivity (Wildman–Crippen MR) is 78.8 cm³/mol. The lowest BCUT2D eigenvalue weighted by atomic mass is 9.97. The molecule has 2 aromatic rings. The minimum Gasteiger partial charge on any atom is -0.316 e. The quantitative estimate of drug-likeness (QED) is 0.659. The lowest BCUT2D eigenvalue weighted by molar-refractivity contribution is 0.542. The maximum Gasteiger partial charge on any atom is 0.314 e. The second kappa shape index (κ2) is 4.96. The summed E-state index contributed by atoms with van der Waals surface area (Å²) in [6.07, 6.45) is 5.08. The first-order chi connectivity index (χ1) is 9.15. The van der Waals surface area contributed by atoms with E-state index < -0.39 is 11.1 Å². The SMILES string of the molecule is O=c1[nH]c2ccc(C(Br)C3CCCC3)cc2[nH]c1=O. The summed E-state index contributed by atoms with van der Waals surface area (Å²) in [6, 6.07) is 5.81. The van der Waals surface area contributed by atoms with Gasteiger partial charge < -0.3 is 9.97 Å². The van der Waals surface area contributed by atoms with E-state index in [1.54, 1.807) is 0 Å². The molecule has 1 unspecified atom stereocenters. The van der Waals surface area contributed by atoms with E-state index in [-0.39, 0.29) is 0 Å². The number of alkyl halides is 1. The molecule has 19 heavy (non-hydrogen) atoms. The van der Waals surface area contributed by atoms with Gasteiger partial charge in [0.15, 0.2) is 0 Å². The number of benzene rings is 1. The van der Waals surface area contributed by atoms with Gasteiger partial charge in [0.25, 0.3) is 0 Å². The molecule has 1 aliphatic rings. The zero-order chi connectivity index (χ0) is 13.4. The fourth-order valence-electron chi connectivity index (χ4n) is 2.83. The fourth-order valence-corrected chi connectivity index (χ4v) is 3.64. The second-order valence-corrected chi connectivity index (χ2v) is 6.15. The van der Waals surface area contributed by atoms with Crippen molar-refractivity contribution in [2.24, 2.45) is 5.92 Å². The third-order valence-corrected chi connectivity index (χ3v) is 5.15. The molecule has 100 valence electrons. The number of aromatic nitrogens is 2. The lowest BCUT2D eigenvalue weighted by Gasteiger charge is -2.17. The molecule has 0 radical (unpaired) electrons. The highest BCUT2D eigenvalue weighted by atomic mass is 79.9. The first kappa shape index (κ1) is 12.7. The Morgan fingerprint density at radius 2 is 1.68 bits per heavy atom. The summed E-state index contributed by atoms with van der Waals surface area (Å²) in [6.45, 7) is 0. The number of fused-ring (bicyclic) bond motifs is 1. The molecule has 1 aromatic heterocycles. The van der Waals surface area contributed by atoms with Crippen LogP contribution in [-0.4, -0.2) is 9.97 Å². The van der Waals surface area contributed by atoms with Gasteiger partial charge in [-0.2, -0.15) is 0 Å². The number of hydrogen-bond donors (Lipinski definition) is 2. The van der Waals surface area contributed by atoms with Gasteiger partial charge >= 0.3 is 11.1 Å². The van der Waals surface area contributed by atoms with Gasteiger partial charge in [-0.25, -0.2) is 0 Å². The molecule has 0 saturated heterocycles. The van der Waals surface area contributed by atoms with Gasteiger partial charge in [-0.05, 0) is 36.5 Å². The molecule has 1 aromatic carbocycles. The predicted octanol–water partition coefficient (Wildman–Crippen LogP) is 2.84. The number of H-pyrrole nitrogens is 2. The maximum absolute atomic E-state index is 11.4. The Hall–Kier alpha value is -1.36. The van der Waals surface area contributed by atoms with E-state index in [0.717, 1.165) is 5.56 Å². The van der Waals surface area contributed by atoms with Crippen molar-refractivity contribution in [1.29, 1.82) is 0 Å². The van der Waals surface area contributed by atoms with Crippen LogP contribution in [0.25, 0.3) is 11.0 Å². The molecular weight excluding hydrogens is 308 g/mol. The third-order valence-electron chi connectivity index (χ3n) is 3.88. The van der Waals surface area contributed by atoms with Gasteiger partial charge in [-0.3, -0.25) is 9.59 Å². The van der Waals surface area contributed by atoms with Crippen LogP contribution in [-0.2, 0) is 0 Å². The van der Waals surface area contributed by atoms with E-state index in [9.17, 15) is 9.59 Å². The first-order valence-electron chi connectivity index (χ1n) is 6.55. The summed E-state index contributed by atoms with van der Waals surface area (Å²) in [4.78, 5) is 28.1. The van der Waals surface area contributed by atoms with Crippen LogP contribution in [0.5, 0.6) is 0 Å². The van der Waals surface area contributed by atoms with Crippen LogP contribution in [0.1, 0.15) is 36.1 Å². The molecule has 1 atom stereocenters. The van der Waals surface area contributed by atoms with Crippen molar-refractivity contribution >= 4 is 27.0 Å². The molecule has 3 rings (SSSR count). The van der Waals surface area contributed by atoms with Crippen LogP contribution in [0.2, 0.25) is 0 Å². The standard InChI is InChI=1S/C14H15BrN2O2/c15-12(8-3-1-2-4-8)9-5-6-10-11(7-9)17-14(19)13(18)16-10/h5-8,12H,1-4H2,(H,16,18)(H,17,19). The van der Waals surface area contributed by atoms with Crippen molar-refractivity contribution in [3.05, 3.63) is 44.5 Å². The van der Waals surface area contributed by atoms with Crippen molar-refractivity contribution in [2.45, 2.75) is 30.5 Å². The molecule has 0 amide bonds. The fraction of sp³-hybridized carbons (Fsp3) is 0.429. The van der Waals surface area contributed by atoms with Gasteiger partial charge in [-0.1, -0.05) is 34.8 Å². The van der Waals surface area contributed by atoms with Gasteiger partial charge in [0, 0.05) is 4.83 Å². The van der Waals surface area contributed by atoms with E-state index in [1.807, 2.05) is 18.2 Å². The molecule has 0 aliphatic heterocycles. The molecule has 4 nitrogen and oxygen atoms in total. The average molecular weight is 323 g/mol. The van der Waals surface area contributed by atoms with Crippen molar-refractivity contribution < 1.29 is 0 Å². The third kappa shape index (κ3) is 2.39. The van der Waals surface area contributed by atoms with Crippen LogP contribution >= 0.6 is 15.9 Å². The van der Waals surface area contributed by atoms with Crippen LogP contribution in [0.3, 0.4) is 0 Å². The lowest BCUT2D eigenvalue weighted by Crippen LogP contribution is -2.28. The minimum atomic E-state index is -0.605. The van der Waals surface area contributed by atoms with Crippen LogP contribution in [0.4, 0.5) is 0 Å². The van der Waals surface area contributed by atoms with Gasteiger partial charge in [0.1, 0.15) is 0 Å². The molecule has 1 heterocycles. The molecule has 1 saturated carbocycles. The maximum atomic E-state index is 11.4. The largest absolute Gasteiger partial charge is 0.316 e. The number of hydrogen-bond acceptors (Lipinski definition) is 2. The van der Waals surface area contributed by atoms with E-state index in [2.05, 4.69) is 25.9 Å². The van der Waals surface area contributed by atoms with Crippen LogP contribution in [0, 0.1) is 5.92 Å². The summed E-state index contributed by atoms with van der Waals surface area (Å²) >= 11 is 3.77. The van der Waals surface area contributed by atoms with Gasteiger partial charge in [-0.15, -0.1) is 0 Å². The summed E-state index contributed by atoms with van der Waals surface area (Å²) in [5, 5.41) is 0. The van der Waals surface area contributed by atoms with Crippen molar-refractivity contribution in [2.75, 3.05) is 0 Å². The zero-order valence-electron chi connectivity index (χ0n) is 10.4. The molecule has 0 spiro atoms. The molecule has 5 heteroatoms. The van der Waals surface area contributed by atoms with Gasteiger partial charge in [0.2, 0.25) is 0 Å². The van der Waals surface area contributed by atoms with Gasteiger partial charge in [0.05, 0.1) is 11.0 Å².